The van der Waals surface area contributed by atoms with E-state index in [1.807, 2.05) is 18.7 Å². The fourth-order valence-corrected chi connectivity index (χ4v) is 5.30. The fourth-order valence-electron chi connectivity index (χ4n) is 5.30. The van der Waals surface area contributed by atoms with Crippen LogP contribution in [0, 0.1) is 6.92 Å². The van der Waals surface area contributed by atoms with Crippen LogP contribution in [-0.4, -0.2) is 73.0 Å². The van der Waals surface area contributed by atoms with Crippen molar-refractivity contribution in [2.45, 2.75) is 59.0 Å². The van der Waals surface area contributed by atoms with Gasteiger partial charge in [-0.25, -0.2) is 24.7 Å². The van der Waals surface area contributed by atoms with Crippen LogP contribution in [0.25, 0.3) is 11.3 Å². The van der Waals surface area contributed by atoms with Gasteiger partial charge >= 0.3 is 12.3 Å². The van der Waals surface area contributed by atoms with Gasteiger partial charge in [-0.15, -0.1) is 0 Å². The molecule has 2 amide bonds. The van der Waals surface area contributed by atoms with E-state index in [0.717, 1.165) is 11.6 Å². The first-order valence-corrected chi connectivity index (χ1v) is 15.4. The summed E-state index contributed by atoms with van der Waals surface area (Å²) < 4.78 is 48.2. The minimum absolute atomic E-state index is 0.00962. The van der Waals surface area contributed by atoms with Gasteiger partial charge in [0.15, 0.2) is 0 Å². The van der Waals surface area contributed by atoms with Crippen LogP contribution in [0.5, 0.6) is 0 Å². The summed E-state index contributed by atoms with van der Waals surface area (Å²) in [5.74, 6) is -0.301. The lowest BCUT2D eigenvalue weighted by molar-refractivity contribution is -0.138. The number of piperazine rings is 1. The van der Waals surface area contributed by atoms with Crippen LogP contribution >= 0.6 is 0 Å². The average Bonchev–Trinajstić information content (AvgIpc) is 3.02. The van der Waals surface area contributed by atoms with E-state index in [0.29, 0.717) is 36.6 Å². The molecule has 11 nitrogen and oxygen atoms in total. The number of carbonyl (C=O) groups excluding carboxylic acids is 2. The molecule has 0 bridgehead atoms. The maximum atomic E-state index is 14.3. The maximum absolute atomic E-state index is 14.3. The molecule has 2 aromatic heterocycles. The van der Waals surface area contributed by atoms with Gasteiger partial charge < -0.3 is 20.3 Å². The first kappa shape index (κ1) is 34.2. The molecule has 2 aromatic carbocycles. The smallest absolute Gasteiger partial charge is 0.416 e. The van der Waals surface area contributed by atoms with Gasteiger partial charge in [-0.2, -0.15) is 13.2 Å². The van der Waals surface area contributed by atoms with E-state index in [9.17, 15) is 22.8 Å². The molecule has 0 aliphatic carbocycles. The second kappa shape index (κ2) is 13.9. The van der Waals surface area contributed by atoms with E-state index in [4.69, 9.17) is 4.74 Å². The molecular weight excluding hydrogens is 625 g/mol. The summed E-state index contributed by atoms with van der Waals surface area (Å²) >= 11 is 0. The molecule has 1 saturated heterocycles. The summed E-state index contributed by atoms with van der Waals surface area (Å²) in [5.41, 5.74) is 1.48. The van der Waals surface area contributed by atoms with Crippen molar-refractivity contribution in [1.29, 1.82) is 0 Å². The van der Waals surface area contributed by atoms with Gasteiger partial charge in [-0.1, -0.05) is 12.1 Å². The van der Waals surface area contributed by atoms with Crippen LogP contribution in [0.2, 0.25) is 0 Å². The SMILES string of the molecule is Cc1ccc(C(=O)Nc2ccc(CN3CCN(C(=O)OC(C)(C)C)[C@H](C)C3)c(C(F)(F)F)c2)cc1Nc1nccc(-c2cncnc2)n1. The topological polar surface area (TPSA) is 125 Å². The second-order valence-electron chi connectivity index (χ2n) is 12.6. The first-order chi connectivity index (χ1) is 22.7. The Balaban J connectivity index is 1.28. The molecule has 14 heteroatoms. The summed E-state index contributed by atoms with van der Waals surface area (Å²) in [7, 11) is 0. The number of hydrogen-bond donors (Lipinski definition) is 2. The molecule has 3 heterocycles. The molecule has 252 valence electrons. The Kier molecular flexibility index (Phi) is 9.94. The number of alkyl halides is 3. The summed E-state index contributed by atoms with van der Waals surface area (Å²) in [4.78, 5) is 46.0. The van der Waals surface area contributed by atoms with Crippen LogP contribution < -0.4 is 10.6 Å². The van der Waals surface area contributed by atoms with Crippen molar-refractivity contribution in [3.63, 3.8) is 0 Å². The highest BCUT2D eigenvalue weighted by Gasteiger charge is 2.36. The zero-order valence-corrected chi connectivity index (χ0v) is 27.3. The van der Waals surface area contributed by atoms with Crippen molar-refractivity contribution in [3.8, 4) is 11.3 Å². The minimum Gasteiger partial charge on any atom is -0.444 e. The maximum Gasteiger partial charge on any atom is 0.416 e. The quantitative estimate of drug-likeness (QED) is 0.222. The van der Waals surface area contributed by atoms with Crippen molar-refractivity contribution < 1.29 is 27.5 Å². The van der Waals surface area contributed by atoms with Gasteiger partial charge in [0.1, 0.15) is 11.9 Å². The molecule has 0 unspecified atom stereocenters. The van der Waals surface area contributed by atoms with E-state index in [2.05, 4.69) is 30.6 Å². The van der Waals surface area contributed by atoms with E-state index < -0.39 is 29.3 Å². The number of carbonyl (C=O) groups is 2. The number of ether oxygens (including phenoxy) is 1. The molecule has 1 atom stereocenters. The lowest BCUT2D eigenvalue weighted by Gasteiger charge is -2.40. The third kappa shape index (κ3) is 8.62. The number of anilines is 3. The van der Waals surface area contributed by atoms with Gasteiger partial charge in [0, 0.05) is 73.3 Å². The van der Waals surface area contributed by atoms with Gasteiger partial charge in [-0.3, -0.25) is 9.69 Å². The van der Waals surface area contributed by atoms with Crippen molar-refractivity contribution >= 4 is 29.3 Å². The van der Waals surface area contributed by atoms with Crippen molar-refractivity contribution in [1.82, 2.24) is 29.7 Å². The Morgan fingerprint density at radius 1 is 1.02 bits per heavy atom. The van der Waals surface area contributed by atoms with Crippen molar-refractivity contribution in [3.05, 3.63) is 89.6 Å². The minimum atomic E-state index is -4.65. The second-order valence-corrected chi connectivity index (χ2v) is 12.6. The number of aromatic nitrogens is 4. The average molecular weight is 663 g/mol. The Hall–Kier alpha value is -5.11. The van der Waals surface area contributed by atoms with Crippen LogP contribution in [-0.2, 0) is 17.5 Å². The standard InChI is InChI=1S/C34H37F3N8O3/c1-21-6-7-23(14-29(21)43-31-40-11-10-28(42-31)25-16-38-20-39-17-25)30(46)41-26-9-8-24(27(15-26)34(35,36)37)19-44-12-13-45(22(2)18-44)32(47)48-33(3,4)5/h6-11,14-17,20,22H,12-13,18-19H2,1-5H3,(H,41,46)(H,40,42,43)/t22-/m1/s1. The van der Waals surface area contributed by atoms with E-state index in [-0.39, 0.29) is 35.3 Å². The molecular formula is C34H37F3N8O3. The number of amides is 2. The zero-order chi connectivity index (χ0) is 34.6. The molecule has 1 aliphatic heterocycles. The first-order valence-electron chi connectivity index (χ1n) is 15.4. The van der Waals surface area contributed by atoms with Crippen LogP contribution in [0.3, 0.4) is 0 Å². The van der Waals surface area contributed by atoms with Gasteiger partial charge in [0.05, 0.1) is 11.3 Å². The molecule has 1 fully saturated rings. The summed E-state index contributed by atoms with van der Waals surface area (Å²) in [6.45, 7) is 10.2. The lowest BCUT2D eigenvalue weighted by atomic mass is 10.0. The van der Waals surface area contributed by atoms with Gasteiger partial charge in [0.2, 0.25) is 5.95 Å². The number of halogens is 3. The molecule has 2 N–H and O–H groups in total. The lowest BCUT2D eigenvalue weighted by Crippen LogP contribution is -2.54. The predicted molar refractivity (Wildman–Crippen MR) is 175 cm³/mol. The van der Waals surface area contributed by atoms with Crippen LogP contribution in [0.4, 0.5) is 35.3 Å². The molecule has 1 aliphatic rings. The van der Waals surface area contributed by atoms with Crippen molar-refractivity contribution in [2.24, 2.45) is 0 Å². The van der Waals surface area contributed by atoms with Crippen molar-refractivity contribution in [2.75, 3.05) is 30.3 Å². The molecule has 5 rings (SSSR count). The van der Waals surface area contributed by atoms with Gasteiger partial charge in [0.25, 0.3) is 5.91 Å². The van der Waals surface area contributed by atoms with Gasteiger partial charge in [-0.05, 0) is 76.1 Å². The largest absolute Gasteiger partial charge is 0.444 e. The highest BCUT2D eigenvalue weighted by atomic mass is 19.4. The number of aryl methyl sites for hydroxylation is 1. The number of nitrogens with one attached hydrogen (secondary N) is 2. The molecule has 48 heavy (non-hydrogen) atoms. The summed E-state index contributed by atoms with van der Waals surface area (Å²) in [6, 6.07) is 10.2. The zero-order valence-electron chi connectivity index (χ0n) is 27.3. The normalized spacial score (nSPS) is 15.6. The summed E-state index contributed by atoms with van der Waals surface area (Å²) in [6.07, 6.45) is 1.16. The molecule has 0 saturated carbocycles. The third-order valence-electron chi connectivity index (χ3n) is 7.66. The monoisotopic (exact) mass is 662 g/mol. The molecule has 0 spiro atoms. The highest BCUT2D eigenvalue weighted by molar-refractivity contribution is 6.05. The Labute approximate surface area is 276 Å². The third-order valence-corrected chi connectivity index (χ3v) is 7.66. The molecule has 0 radical (unpaired) electrons. The van der Waals surface area contributed by atoms with Crippen LogP contribution in [0.15, 0.2) is 67.4 Å². The number of rotatable bonds is 7. The van der Waals surface area contributed by atoms with E-state index in [1.54, 1.807) is 68.5 Å². The van der Waals surface area contributed by atoms with Crippen LogP contribution in [0.1, 0.15) is 54.7 Å². The Morgan fingerprint density at radius 2 is 1.77 bits per heavy atom. The predicted octanol–water partition coefficient (Wildman–Crippen LogP) is 6.70. The number of nitrogens with zero attached hydrogens (tertiary/aromatic N) is 6. The highest BCUT2D eigenvalue weighted by Crippen LogP contribution is 2.35. The fraction of sp³-hybridized carbons (Fsp3) is 0.353. The van der Waals surface area contributed by atoms with E-state index in [1.165, 1.54) is 18.5 Å². The number of hydrogen-bond acceptors (Lipinski definition) is 9. The molecule has 4 aromatic rings. The number of benzene rings is 2. The Morgan fingerprint density at radius 3 is 2.46 bits per heavy atom. The summed E-state index contributed by atoms with van der Waals surface area (Å²) in [5, 5.41) is 5.72. The Bertz CT molecular complexity index is 1780. The van der Waals surface area contributed by atoms with E-state index >= 15 is 0 Å².